The summed E-state index contributed by atoms with van der Waals surface area (Å²) in [5.74, 6) is 0.00110. The lowest BCUT2D eigenvalue weighted by molar-refractivity contribution is -0.309. The van der Waals surface area contributed by atoms with E-state index in [4.69, 9.17) is 25.8 Å². The van der Waals surface area contributed by atoms with Crippen LogP contribution in [0.2, 0.25) is 5.02 Å². The molecular weight excluding hydrogens is 517 g/mol. The first-order valence-corrected chi connectivity index (χ1v) is 11.6. The summed E-state index contributed by atoms with van der Waals surface area (Å²) >= 11 is 6.01. The lowest BCUT2D eigenvalue weighted by atomic mass is 9.91. The lowest BCUT2D eigenvalue weighted by Crippen LogP contribution is -2.58. The molecule has 2 aliphatic heterocycles. The Bertz CT molecular complexity index is 1330. The van der Waals surface area contributed by atoms with Gasteiger partial charge in [-0.2, -0.15) is 18.3 Å². The number of hydrogen-bond acceptors (Lipinski definition) is 7. The maximum atomic E-state index is 13.8. The van der Waals surface area contributed by atoms with E-state index in [2.05, 4.69) is 20.1 Å². The van der Waals surface area contributed by atoms with Crippen LogP contribution in [-0.2, 0) is 20.4 Å². The molecule has 4 unspecified atom stereocenters. The van der Waals surface area contributed by atoms with Crippen molar-refractivity contribution in [2.24, 2.45) is 5.11 Å². The fourth-order valence-corrected chi connectivity index (χ4v) is 4.68. The van der Waals surface area contributed by atoms with Gasteiger partial charge in [-0.15, -0.1) is 0 Å². The minimum atomic E-state index is -4.72. The fraction of sp³-hybridized carbons (Fsp3) is 0.391. The smallest absolute Gasteiger partial charge is 0.389 e. The summed E-state index contributed by atoms with van der Waals surface area (Å²) < 4.78 is 60.2. The van der Waals surface area contributed by atoms with Gasteiger partial charge in [-0.25, -0.2) is 9.67 Å². The molecule has 37 heavy (non-hydrogen) atoms. The van der Waals surface area contributed by atoms with Gasteiger partial charge >= 0.3 is 6.18 Å². The van der Waals surface area contributed by atoms with Gasteiger partial charge in [0.05, 0.1) is 30.0 Å². The minimum absolute atomic E-state index is 0.00296. The summed E-state index contributed by atoms with van der Waals surface area (Å²) in [7, 11) is 0. The van der Waals surface area contributed by atoms with Crippen molar-refractivity contribution in [1.82, 2.24) is 14.8 Å². The van der Waals surface area contributed by atoms with Crippen LogP contribution in [0.15, 0.2) is 53.6 Å². The fourth-order valence-electron chi connectivity index (χ4n) is 4.51. The first kappa shape index (κ1) is 25.5. The molecule has 3 heterocycles. The van der Waals surface area contributed by atoms with Crippen LogP contribution < -0.4 is 0 Å². The van der Waals surface area contributed by atoms with Crippen LogP contribution in [0, 0.1) is 6.92 Å². The highest BCUT2D eigenvalue weighted by atomic mass is 35.5. The van der Waals surface area contributed by atoms with Crippen LogP contribution in [-0.4, -0.2) is 50.8 Å². The monoisotopic (exact) mass is 536 g/mol. The largest absolute Gasteiger partial charge is 0.418 e. The molecule has 6 atom stereocenters. The third kappa shape index (κ3) is 4.89. The molecule has 1 N–H and O–H groups in total. The number of halogens is 4. The summed E-state index contributed by atoms with van der Waals surface area (Å²) in [6.07, 6.45) is -10.1. The molecule has 2 saturated heterocycles. The molecule has 0 bridgehead atoms. The molecule has 5 rings (SSSR count). The van der Waals surface area contributed by atoms with E-state index in [9.17, 15) is 23.8 Å². The molecule has 0 amide bonds. The number of benzene rings is 2. The van der Waals surface area contributed by atoms with Gasteiger partial charge < -0.3 is 19.3 Å². The Morgan fingerprint density at radius 3 is 2.65 bits per heavy atom. The van der Waals surface area contributed by atoms with Crippen molar-refractivity contribution >= 4 is 11.6 Å². The van der Waals surface area contributed by atoms with E-state index in [-0.39, 0.29) is 23.3 Å². The van der Waals surface area contributed by atoms with Gasteiger partial charge in [0.15, 0.2) is 12.1 Å². The number of alkyl halides is 3. The number of rotatable bonds is 4. The van der Waals surface area contributed by atoms with Crippen LogP contribution >= 0.6 is 11.6 Å². The molecule has 2 fully saturated rings. The average Bonchev–Trinajstić information content (AvgIpc) is 3.26. The third-order valence-electron chi connectivity index (χ3n) is 6.12. The summed E-state index contributed by atoms with van der Waals surface area (Å²) in [5.41, 5.74) is 8.52. The molecular formula is C23H20ClF3N6O4. The molecule has 0 aliphatic carbocycles. The van der Waals surface area contributed by atoms with Crippen molar-refractivity contribution in [1.29, 1.82) is 0 Å². The Labute approximate surface area is 213 Å². The highest BCUT2D eigenvalue weighted by molar-refractivity contribution is 6.30. The molecule has 2 aromatic carbocycles. The zero-order valence-corrected chi connectivity index (χ0v) is 19.9. The molecule has 0 spiro atoms. The molecule has 0 radical (unpaired) electrons. The number of nitrogens with zero attached hydrogens (tertiary/aromatic N) is 6. The number of aliphatic hydroxyl groups is 1. The van der Waals surface area contributed by atoms with E-state index < -0.39 is 54.2 Å². The first-order valence-electron chi connectivity index (χ1n) is 11.2. The van der Waals surface area contributed by atoms with E-state index in [1.807, 2.05) is 18.2 Å². The molecule has 14 heteroatoms. The highest BCUT2D eigenvalue weighted by Gasteiger charge is 2.51. The second kappa shape index (κ2) is 9.93. The van der Waals surface area contributed by atoms with Crippen LogP contribution in [0.5, 0.6) is 0 Å². The lowest BCUT2D eigenvalue weighted by Gasteiger charge is -2.46. The summed E-state index contributed by atoms with van der Waals surface area (Å²) in [4.78, 5) is 7.10. The normalized spacial score (nSPS) is 27.8. The standard InChI is InChI=1S/C23H20ClF3N6O4/c1-11-29-21(33(31-11)15-9-13(24)7-8-14(15)23(25,26)27)20-18(34)17(30-32-28)19-16(36-20)10-35-22(37-19)12-5-3-2-4-6-12/h2-9,16-20,22,34H,10H2,1H3/t16?,17?,18?,19-,20+,22?/m0/s1. The number of aromatic nitrogens is 3. The van der Waals surface area contributed by atoms with Crippen molar-refractivity contribution in [2.45, 2.75) is 49.8 Å². The van der Waals surface area contributed by atoms with Gasteiger partial charge in [0.2, 0.25) is 0 Å². The molecule has 194 valence electrons. The Balaban J connectivity index is 1.53. The summed E-state index contributed by atoms with van der Waals surface area (Å²) in [6, 6.07) is 10.9. The summed E-state index contributed by atoms with van der Waals surface area (Å²) in [5, 5.41) is 19.1. The SMILES string of the molecule is Cc1nc([C@@H]2OC3COC(c4ccccc4)O[C@@H]3C(N=[N+]=[N-])C2O)n(-c2cc(Cl)ccc2C(F)(F)F)n1. The molecule has 1 aromatic heterocycles. The minimum Gasteiger partial charge on any atom is -0.389 e. The second-order valence-electron chi connectivity index (χ2n) is 8.55. The average molecular weight is 537 g/mol. The Kier molecular flexibility index (Phi) is 6.84. The second-order valence-corrected chi connectivity index (χ2v) is 8.98. The predicted molar refractivity (Wildman–Crippen MR) is 123 cm³/mol. The van der Waals surface area contributed by atoms with E-state index in [0.717, 1.165) is 22.9 Å². The molecule has 2 aliphatic rings. The Morgan fingerprint density at radius 2 is 1.95 bits per heavy atom. The van der Waals surface area contributed by atoms with Crippen molar-refractivity contribution in [3.63, 3.8) is 0 Å². The Hall–Kier alpha value is -3.19. The number of hydrogen-bond donors (Lipinski definition) is 1. The number of aryl methyl sites for hydroxylation is 1. The zero-order valence-electron chi connectivity index (χ0n) is 19.2. The Morgan fingerprint density at radius 1 is 1.19 bits per heavy atom. The number of fused-ring (bicyclic) bond motifs is 1. The van der Waals surface area contributed by atoms with Crippen molar-refractivity contribution < 1.29 is 32.5 Å². The third-order valence-corrected chi connectivity index (χ3v) is 6.35. The van der Waals surface area contributed by atoms with Crippen LogP contribution in [0.25, 0.3) is 16.1 Å². The van der Waals surface area contributed by atoms with E-state index >= 15 is 0 Å². The molecule has 0 saturated carbocycles. The number of azide groups is 1. The van der Waals surface area contributed by atoms with Gasteiger partial charge in [-0.05, 0) is 30.7 Å². The van der Waals surface area contributed by atoms with Gasteiger partial charge in [-0.1, -0.05) is 47.0 Å². The van der Waals surface area contributed by atoms with Crippen molar-refractivity contribution in [2.75, 3.05) is 6.61 Å². The number of aliphatic hydroxyl groups excluding tert-OH is 1. The molecule has 10 nitrogen and oxygen atoms in total. The van der Waals surface area contributed by atoms with Crippen molar-refractivity contribution in [3.8, 4) is 5.69 Å². The molecule has 3 aromatic rings. The van der Waals surface area contributed by atoms with Gasteiger partial charge in [0.25, 0.3) is 0 Å². The van der Waals surface area contributed by atoms with Crippen molar-refractivity contribution in [3.05, 3.63) is 86.8 Å². The number of ether oxygens (including phenoxy) is 3. The van der Waals surface area contributed by atoms with Gasteiger partial charge in [0, 0.05) is 15.5 Å². The topological polar surface area (TPSA) is 127 Å². The van der Waals surface area contributed by atoms with Gasteiger partial charge in [-0.3, -0.25) is 0 Å². The quantitative estimate of drug-likeness (QED) is 0.289. The van der Waals surface area contributed by atoms with E-state index in [1.165, 1.54) is 6.92 Å². The summed E-state index contributed by atoms with van der Waals surface area (Å²) in [6.45, 7) is 1.49. The first-order chi connectivity index (χ1) is 17.7. The maximum Gasteiger partial charge on any atom is 0.418 e. The van der Waals surface area contributed by atoms with Gasteiger partial charge in [0.1, 0.15) is 24.1 Å². The van der Waals surface area contributed by atoms with E-state index in [0.29, 0.717) is 5.56 Å². The maximum absolute atomic E-state index is 13.8. The van der Waals surface area contributed by atoms with E-state index in [1.54, 1.807) is 12.1 Å². The van der Waals surface area contributed by atoms with Crippen LogP contribution in [0.3, 0.4) is 0 Å². The van der Waals surface area contributed by atoms with Crippen LogP contribution in [0.1, 0.15) is 35.2 Å². The predicted octanol–water partition coefficient (Wildman–Crippen LogP) is 4.84. The highest BCUT2D eigenvalue weighted by Crippen LogP contribution is 2.42. The zero-order chi connectivity index (χ0) is 26.3. The van der Waals surface area contributed by atoms with Crippen LogP contribution in [0.4, 0.5) is 13.2 Å².